The van der Waals surface area contributed by atoms with Crippen LogP contribution >= 0.6 is 0 Å². The second-order valence-corrected chi connectivity index (χ2v) is 6.59. The normalized spacial score (nSPS) is 20.0. The monoisotopic (exact) mass is 320 g/mol. The summed E-state index contributed by atoms with van der Waals surface area (Å²) in [4.78, 5) is 15.7. The summed E-state index contributed by atoms with van der Waals surface area (Å²) in [6.07, 6.45) is 5.25. The highest BCUT2D eigenvalue weighted by atomic mass is 15.2. The van der Waals surface area contributed by atoms with Crippen LogP contribution in [0.2, 0.25) is 0 Å². The van der Waals surface area contributed by atoms with Crippen LogP contribution < -0.4 is 10.2 Å². The van der Waals surface area contributed by atoms with Crippen molar-refractivity contribution in [2.24, 2.45) is 0 Å². The molecule has 4 rings (SSSR count). The summed E-state index contributed by atoms with van der Waals surface area (Å²) >= 11 is 0. The lowest BCUT2D eigenvalue weighted by molar-refractivity contribution is 0.792. The molecule has 6 nitrogen and oxygen atoms in total. The fourth-order valence-corrected chi connectivity index (χ4v) is 3.14. The third kappa shape index (κ3) is 3.02. The average Bonchev–Trinajstić information content (AvgIpc) is 3.35. The Hall–Kier alpha value is -2.68. The number of hydrogen-bond acceptors (Lipinski definition) is 6. The quantitative estimate of drug-likeness (QED) is 0.933. The highest BCUT2D eigenvalue weighted by Crippen LogP contribution is 2.38. The molecule has 1 saturated heterocycles. The van der Waals surface area contributed by atoms with E-state index in [0.29, 0.717) is 17.5 Å². The molecule has 1 aliphatic heterocycles. The first-order valence-corrected chi connectivity index (χ1v) is 8.45. The Morgan fingerprint density at radius 3 is 2.88 bits per heavy atom. The summed E-state index contributed by atoms with van der Waals surface area (Å²) in [5, 5.41) is 12.8. The molecule has 2 aromatic heterocycles. The van der Waals surface area contributed by atoms with Gasteiger partial charge < -0.3 is 10.2 Å². The minimum absolute atomic E-state index is 0.306. The number of anilines is 2. The third-order valence-corrected chi connectivity index (χ3v) is 4.59. The molecule has 0 spiro atoms. The lowest BCUT2D eigenvalue weighted by atomic mass is 10.2. The minimum atomic E-state index is 0.306. The summed E-state index contributed by atoms with van der Waals surface area (Å²) < 4.78 is 0. The number of pyridine rings is 1. The lowest BCUT2D eigenvalue weighted by Crippen LogP contribution is -2.27. The van der Waals surface area contributed by atoms with Crippen molar-refractivity contribution in [3.05, 3.63) is 41.5 Å². The molecule has 2 aliphatic rings. The highest BCUT2D eigenvalue weighted by molar-refractivity contribution is 5.55. The first-order valence-electron chi connectivity index (χ1n) is 8.45. The number of nitrogens with one attached hydrogen (secondary N) is 1. The number of hydrogen-bond donors (Lipinski definition) is 1. The molecule has 122 valence electrons. The fraction of sp³-hybridized carbons (Fsp3) is 0.444. The summed E-state index contributed by atoms with van der Waals surface area (Å²) in [5.41, 5.74) is 1.57. The molecule has 0 aromatic carbocycles. The SMILES string of the molecule is Cc1ccc(C#N)c(N2CCC(Nc3ccnc(C4CC4)n3)C2)n1. The van der Waals surface area contributed by atoms with E-state index in [9.17, 15) is 5.26 Å². The first-order chi connectivity index (χ1) is 11.7. The number of aryl methyl sites for hydroxylation is 1. The van der Waals surface area contributed by atoms with Crippen LogP contribution in [-0.4, -0.2) is 34.1 Å². The molecular formula is C18H20N6. The van der Waals surface area contributed by atoms with Crippen molar-refractivity contribution < 1.29 is 0 Å². The molecule has 1 atom stereocenters. The van der Waals surface area contributed by atoms with Gasteiger partial charge in [0.25, 0.3) is 0 Å². The molecule has 6 heteroatoms. The molecule has 1 unspecified atom stereocenters. The predicted octanol–water partition coefficient (Wildman–Crippen LogP) is 2.62. The van der Waals surface area contributed by atoms with Crippen LogP contribution in [0.5, 0.6) is 0 Å². The van der Waals surface area contributed by atoms with Gasteiger partial charge >= 0.3 is 0 Å². The van der Waals surface area contributed by atoms with E-state index in [2.05, 4.69) is 31.2 Å². The average molecular weight is 320 g/mol. The van der Waals surface area contributed by atoms with E-state index >= 15 is 0 Å². The Labute approximate surface area is 141 Å². The van der Waals surface area contributed by atoms with Crippen LogP contribution in [0.1, 0.15) is 42.3 Å². The topological polar surface area (TPSA) is 77.7 Å². The second-order valence-electron chi connectivity index (χ2n) is 6.59. The van der Waals surface area contributed by atoms with Crippen molar-refractivity contribution in [2.45, 2.75) is 38.1 Å². The van der Waals surface area contributed by atoms with Crippen LogP contribution in [0.15, 0.2) is 24.4 Å². The Morgan fingerprint density at radius 1 is 1.21 bits per heavy atom. The zero-order valence-electron chi connectivity index (χ0n) is 13.7. The van der Waals surface area contributed by atoms with Gasteiger partial charge in [0.1, 0.15) is 23.5 Å². The van der Waals surface area contributed by atoms with E-state index in [-0.39, 0.29) is 0 Å². The highest BCUT2D eigenvalue weighted by Gasteiger charge is 2.28. The Morgan fingerprint density at radius 2 is 2.08 bits per heavy atom. The van der Waals surface area contributed by atoms with Gasteiger partial charge in [-0.3, -0.25) is 0 Å². The molecule has 0 radical (unpaired) electrons. The maximum Gasteiger partial charge on any atom is 0.146 e. The van der Waals surface area contributed by atoms with E-state index in [0.717, 1.165) is 42.7 Å². The summed E-state index contributed by atoms with van der Waals surface area (Å²) in [7, 11) is 0. The molecule has 24 heavy (non-hydrogen) atoms. The van der Waals surface area contributed by atoms with Gasteiger partial charge in [0.2, 0.25) is 0 Å². The van der Waals surface area contributed by atoms with Crippen LogP contribution in [0.3, 0.4) is 0 Å². The van der Waals surface area contributed by atoms with Gasteiger partial charge in [-0.25, -0.2) is 15.0 Å². The van der Waals surface area contributed by atoms with Crippen molar-refractivity contribution in [3.63, 3.8) is 0 Å². The molecule has 0 bridgehead atoms. The van der Waals surface area contributed by atoms with Gasteiger partial charge in [0.05, 0.1) is 5.56 Å². The maximum absolute atomic E-state index is 9.31. The van der Waals surface area contributed by atoms with E-state index in [1.54, 1.807) is 0 Å². The van der Waals surface area contributed by atoms with Crippen molar-refractivity contribution in [2.75, 3.05) is 23.3 Å². The number of aromatic nitrogens is 3. The van der Waals surface area contributed by atoms with Crippen LogP contribution in [0.4, 0.5) is 11.6 Å². The minimum Gasteiger partial charge on any atom is -0.365 e. The zero-order chi connectivity index (χ0) is 16.5. The van der Waals surface area contributed by atoms with Crippen LogP contribution in [0, 0.1) is 18.3 Å². The van der Waals surface area contributed by atoms with Gasteiger partial charge in [-0.1, -0.05) is 0 Å². The Balaban J connectivity index is 1.46. The molecule has 2 fully saturated rings. The van der Waals surface area contributed by atoms with Crippen molar-refractivity contribution in [3.8, 4) is 6.07 Å². The molecule has 0 amide bonds. The zero-order valence-corrected chi connectivity index (χ0v) is 13.7. The fourth-order valence-electron chi connectivity index (χ4n) is 3.14. The molecule has 2 aromatic rings. The maximum atomic E-state index is 9.31. The summed E-state index contributed by atoms with van der Waals surface area (Å²) in [5.74, 6) is 3.21. The van der Waals surface area contributed by atoms with Gasteiger partial charge in [-0.15, -0.1) is 0 Å². The van der Waals surface area contributed by atoms with Crippen molar-refractivity contribution >= 4 is 11.6 Å². The van der Waals surface area contributed by atoms with E-state index in [1.165, 1.54) is 12.8 Å². The summed E-state index contributed by atoms with van der Waals surface area (Å²) in [6, 6.07) is 8.22. The van der Waals surface area contributed by atoms with Gasteiger partial charge in [0.15, 0.2) is 0 Å². The van der Waals surface area contributed by atoms with E-state index < -0.39 is 0 Å². The van der Waals surface area contributed by atoms with E-state index in [4.69, 9.17) is 0 Å². The molecule has 3 heterocycles. The van der Waals surface area contributed by atoms with Gasteiger partial charge in [0, 0.05) is 36.9 Å². The Bertz CT molecular complexity index is 792. The standard InChI is InChI=1S/C18H20N6/c1-12-2-3-14(10-19)18(21-12)24-9-7-15(11-24)22-16-6-8-20-17(23-16)13-4-5-13/h2-3,6,8,13,15H,4-5,7,9,11H2,1H3,(H,20,22,23). The molecule has 1 N–H and O–H groups in total. The second kappa shape index (κ2) is 6.08. The van der Waals surface area contributed by atoms with Crippen LogP contribution in [-0.2, 0) is 0 Å². The largest absolute Gasteiger partial charge is 0.365 e. The molecule has 1 saturated carbocycles. The lowest BCUT2D eigenvalue weighted by Gasteiger charge is -2.19. The number of nitriles is 1. The van der Waals surface area contributed by atoms with Gasteiger partial charge in [-0.05, 0) is 44.4 Å². The third-order valence-electron chi connectivity index (χ3n) is 4.59. The van der Waals surface area contributed by atoms with Crippen molar-refractivity contribution in [1.29, 1.82) is 5.26 Å². The summed E-state index contributed by atoms with van der Waals surface area (Å²) in [6.45, 7) is 3.67. The Kier molecular flexibility index (Phi) is 3.77. The predicted molar refractivity (Wildman–Crippen MR) is 91.9 cm³/mol. The molecular weight excluding hydrogens is 300 g/mol. The van der Waals surface area contributed by atoms with Crippen LogP contribution in [0.25, 0.3) is 0 Å². The first kappa shape index (κ1) is 14.9. The number of rotatable bonds is 4. The smallest absolute Gasteiger partial charge is 0.146 e. The molecule has 1 aliphatic carbocycles. The number of nitrogens with zero attached hydrogens (tertiary/aromatic N) is 5. The van der Waals surface area contributed by atoms with E-state index in [1.807, 2.05) is 31.3 Å². The van der Waals surface area contributed by atoms with Crippen molar-refractivity contribution in [1.82, 2.24) is 15.0 Å². The van der Waals surface area contributed by atoms with Gasteiger partial charge in [-0.2, -0.15) is 5.26 Å².